The summed E-state index contributed by atoms with van der Waals surface area (Å²) >= 11 is 0. The summed E-state index contributed by atoms with van der Waals surface area (Å²) in [6, 6.07) is 0.414. The number of nitrogens with one attached hydrogen (secondary N) is 1. The highest BCUT2D eigenvalue weighted by molar-refractivity contribution is 5.81. The maximum absolute atomic E-state index is 11.9. The lowest BCUT2D eigenvalue weighted by Gasteiger charge is -2.28. The smallest absolute Gasteiger partial charge is 0.326 e. The zero-order valence-corrected chi connectivity index (χ0v) is 12.0. The molecule has 1 rings (SSSR count). The van der Waals surface area contributed by atoms with Crippen LogP contribution in [0.2, 0.25) is 0 Å². The number of likely N-dealkylation sites (N-methyl/N-ethyl adjacent to an activating group) is 2. The topological polar surface area (TPSA) is 50.8 Å². The normalized spacial score (nSPS) is 27.7. The quantitative estimate of drug-likeness (QED) is 0.536. The highest BCUT2D eigenvalue weighted by Crippen LogP contribution is 2.33. The molecule has 5 heteroatoms. The van der Waals surface area contributed by atoms with Gasteiger partial charge in [-0.1, -0.05) is 0 Å². The van der Waals surface area contributed by atoms with E-state index in [9.17, 15) is 4.79 Å². The fourth-order valence-electron chi connectivity index (χ4n) is 2.64. The fraction of sp³-hybridized carbons (Fsp3) is 0.923. The largest absolute Gasteiger partial charge is 0.468 e. The number of carbonyl (C=O) groups excluding carboxylic acids is 1. The van der Waals surface area contributed by atoms with Crippen molar-refractivity contribution in [2.75, 3.05) is 41.0 Å². The van der Waals surface area contributed by atoms with Crippen LogP contribution in [0.15, 0.2) is 0 Å². The monoisotopic (exact) mass is 258 g/mol. The van der Waals surface area contributed by atoms with Crippen molar-refractivity contribution in [1.82, 2.24) is 10.2 Å². The minimum Gasteiger partial charge on any atom is -0.468 e. The Balaban J connectivity index is 2.50. The van der Waals surface area contributed by atoms with Crippen LogP contribution in [0.5, 0.6) is 0 Å². The zero-order valence-electron chi connectivity index (χ0n) is 12.0. The standard InChI is InChI=1S/C13H26N2O3/c1-5-18-9-8-15(3)11-6-7-13(10-11,14-2)12(16)17-4/h11,14H,5-10H2,1-4H3. The number of hydrogen-bond donors (Lipinski definition) is 1. The van der Waals surface area contributed by atoms with E-state index in [1.54, 1.807) is 0 Å². The summed E-state index contributed by atoms with van der Waals surface area (Å²) in [5.74, 6) is -0.147. The second-order valence-electron chi connectivity index (χ2n) is 4.90. The van der Waals surface area contributed by atoms with Crippen molar-refractivity contribution in [3.8, 4) is 0 Å². The molecule has 0 aromatic heterocycles. The molecule has 1 fully saturated rings. The molecule has 18 heavy (non-hydrogen) atoms. The number of esters is 1. The molecule has 106 valence electrons. The van der Waals surface area contributed by atoms with Gasteiger partial charge in [0.15, 0.2) is 0 Å². The third-order valence-corrected chi connectivity index (χ3v) is 3.96. The molecule has 1 N–H and O–H groups in total. The Labute approximate surface area is 110 Å². The molecular formula is C13H26N2O3. The summed E-state index contributed by atoms with van der Waals surface area (Å²) in [5, 5.41) is 3.15. The minimum absolute atomic E-state index is 0.147. The molecule has 0 aliphatic heterocycles. The van der Waals surface area contributed by atoms with E-state index in [2.05, 4.69) is 17.3 Å². The molecule has 0 spiro atoms. The molecule has 2 unspecified atom stereocenters. The van der Waals surface area contributed by atoms with Gasteiger partial charge in [-0.15, -0.1) is 0 Å². The summed E-state index contributed by atoms with van der Waals surface area (Å²) in [4.78, 5) is 14.1. The van der Waals surface area contributed by atoms with Crippen molar-refractivity contribution in [3.05, 3.63) is 0 Å². The molecule has 0 radical (unpaired) electrons. The van der Waals surface area contributed by atoms with Gasteiger partial charge < -0.3 is 19.7 Å². The lowest BCUT2D eigenvalue weighted by Crippen LogP contribution is -2.50. The van der Waals surface area contributed by atoms with Crippen molar-refractivity contribution in [2.45, 2.75) is 37.8 Å². The number of methoxy groups -OCH3 is 1. The van der Waals surface area contributed by atoms with Gasteiger partial charge in [0, 0.05) is 19.2 Å². The van der Waals surface area contributed by atoms with Crippen molar-refractivity contribution in [1.29, 1.82) is 0 Å². The Morgan fingerprint density at radius 1 is 1.56 bits per heavy atom. The fourth-order valence-corrected chi connectivity index (χ4v) is 2.64. The van der Waals surface area contributed by atoms with Crippen LogP contribution < -0.4 is 5.32 Å². The molecule has 2 atom stereocenters. The van der Waals surface area contributed by atoms with Gasteiger partial charge in [0.05, 0.1) is 13.7 Å². The first-order valence-electron chi connectivity index (χ1n) is 6.65. The second-order valence-corrected chi connectivity index (χ2v) is 4.90. The maximum atomic E-state index is 11.9. The predicted octanol–water partition coefficient (Wildman–Crippen LogP) is 0.638. The van der Waals surface area contributed by atoms with Crippen LogP contribution in [0, 0.1) is 0 Å². The molecule has 0 bridgehead atoms. The lowest BCUT2D eigenvalue weighted by atomic mass is 9.97. The van der Waals surface area contributed by atoms with E-state index in [0.29, 0.717) is 6.04 Å². The Morgan fingerprint density at radius 2 is 2.28 bits per heavy atom. The molecule has 0 aromatic rings. The maximum Gasteiger partial charge on any atom is 0.326 e. The van der Waals surface area contributed by atoms with Gasteiger partial charge in [0.25, 0.3) is 0 Å². The van der Waals surface area contributed by atoms with E-state index in [-0.39, 0.29) is 5.97 Å². The van der Waals surface area contributed by atoms with Crippen LogP contribution in [0.4, 0.5) is 0 Å². The number of ether oxygens (including phenoxy) is 2. The van der Waals surface area contributed by atoms with Gasteiger partial charge in [-0.3, -0.25) is 4.79 Å². The summed E-state index contributed by atoms with van der Waals surface area (Å²) in [7, 11) is 5.37. The van der Waals surface area contributed by atoms with E-state index in [4.69, 9.17) is 9.47 Å². The van der Waals surface area contributed by atoms with Crippen LogP contribution in [0.3, 0.4) is 0 Å². The molecule has 1 saturated carbocycles. The SMILES string of the molecule is CCOCCN(C)C1CCC(NC)(C(=O)OC)C1. The summed E-state index contributed by atoms with van der Waals surface area (Å²) in [6.45, 7) is 4.40. The molecule has 0 amide bonds. The Hall–Kier alpha value is -0.650. The average molecular weight is 258 g/mol. The van der Waals surface area contributed by atoms with Gasteiger partial charge in [0.1, 0.15) is 5.54 Å². The number of nitrogens with zero attached hydrogens (tertiary/aromatic N) is 1. The Kier molecular flexibility index (Phi) is 6.05. The molecule has 0 heterocycles. The first-order chi connectivity index (χ1) is 8.59. The second kappa shape index (κ2) is 7.07. The Morgan fingerprint density at radius 3 is 2.83 bits per heavy atom. The number of hydrogen-bond acceptors (Lipinski definition) is 5. The van der Waals surface area contributed by atoms with Crippen molar-refractivity contribution < 1.29 is 14.3 Å². The molecule has 0 aromatic carbocycles. The molecule has 1 aliphatic carbocycles. The van der Waals surface area contributed by atoms with Crippen LogP contribution in [-0.2, 0) is 14.3 Å². The first-order valence-corrected chi connectivity index (χ1v) is 6.65. The van der Waals surface area contributed by atoms with Gasteiger partial charge in [0.2, 0.25) is 0 Å². The van der Waals surface area contributed by atoms with Crippen LogP contribution in [0.1, 0.15) is 26.2 Å². The Bertz CT molecular complexity index is 273. The molecule has 0 saturated heterocycles. The third kappa shape index (κ3) is 3.43. The summed E-state index contributed by atoms with van der Waals surface area (Å²) in [6.07, 6.45) is 2.65. The highest BCUT2D eigenvalue weighted by atomic mass is 16.5. The predicted molar refractivity (Wildman–Crippen MR) is 70.6 cm³/mol. The van der Waals surface area contributed by atoms with Crippen molar-refractivity contribution >= 4 is 5.97 Å². The van der Waals surface area contributed by atoms with Gasteiger partial charge in [-0.25, -0.2) is 0 Å². The number of rotatable bonds is 7. The van der Waals surface area contributed by atoms with Gasteiger partial charge >= 0.3 is 5.97 Å². The average Bonchev–Trinajstić information content (AvgIpc) is 2.83. The van der Waals surface area contributed by atoms with E-state index < -0.39 is 5.54 Å². The van der Waals surface area contributed by atoms with E-state index in [1.807, 2.05) is 14.0 Å². The van der Waals surface area contributed by atoms with Gasteiger partial charge in [-0.05, 0) is 40.3 Å². The number of carbonyl (C=O) groups is 1. The van der Waals surface area contributed by atoms with Crippen LogP contribution in [0.25, 0.3) is 0 Å². The van der Waals surface area contributed by atoms with Crippen LogP contribution in [-0.4, -0.2) is 63.4 Å². The van der Waals surface area contributed by atoms with Crippen molar-refractivity contribution in [3.63, 3.8) is 0 Å². The highest BCUT2D eigenvalue weighted by Gasteiger charge is 2.46. The van der Waals surface area contributed by atoms with Gasteiger partial charge in [-0.2, -0.15) is 0 Å². The minimum atomic E-state index is -0.501. The van der Waals surface area contributed by atoms with E-state index in [1.165, 1.54) is 7.11 Å². The summed E-state index contributed by atoms with van der Waals surface area (Å²) in [5.41, 5.74) is -0.501. The molecule has 5 nitrogen and oxygen atoms in total. The zero-order chi connectivity index (χ0) is 13.6. The van der Waals surface area contributed by atoms with E-state index >= 15 is 0 Å². The molecule has 1 aliphatic rings. The van der Waals surface area contributed by atoms with Crippen LogP contribution >= 0.6 is 0 Å². The lowest BCUT2D eigenvalue weighted by molar-refractivity contribution is -0.148. The molecular weight excluding hydrogens is 232 g/mol. The first kappa shape index (κ1) is 15.4. The van der Waals surface area contributed by atoms with E-state index in [0.717, 1.165) is 39.0 Å². The summed E-state index contributed by atoms with van der Waals surface area (Å²) < 4.78 is 10.3. The van der Waals surface area contributed by atoms with Crippen molar-refractivity contribution in [2.24, 2.45) is 0 Å². The third-order valence-electron chi connectivity index (χ3n) is 3.96.